The fourth-order valence-electron chi connectivity index (χ4n) is 4.56. The second-order valence-electron chi connectivity index (χ2n) is 9.66. The molecule has 0 atom stereocenters. The van der Waals surface area contributed by atoms with E-state index in [9.17, 15) is 9.59 Å². The number of likely N-dealkylation sites (tertiary alicyclic amines) is 1. The van der Waals surface area contributed by atoms with Crippen LogP contribution in [-0.2, 0) is 24.1 Å². The average molecular weight is 413 g/mol. The Morgan fingerprint density at radius 2 is 1.87 bits per heavy atom. The predicted molar refractivity (Wildman–Crippen MR) is 117 cm³/mol. The number of hydrogen-bond acceptors (Lipinski definition) is 5. The summed E-state index contributed by atoms with van der Waals surface area (Å²) in [4.78, 5) is 26.4. The van der Waals surface area contributed by atoms with Gasteiger partial charge in [-0.3, -0.25) is 4.90 Å². The second kappa shape index (κ2) is 8.42. The van der Waals surface area contributed by atoms with E-state index in [0.717, 1.165) is 61.9 Å². The molecule has 1 aliphatic heterocycles. The lowest BCUT2D eigenvalue weighted by atomic mass is 9.96. The SMILES string of the molecule is CC(C)(C)OC(=O)NCC1CCN(Cc2cc(=O)oc3cc4c(cc23)CCC4)CC1. The van der Waals surface area contributed by atoms with Crippen molar-refractivity contribution in [1.29, 1.82) is 0 Å². The van der Waals surface area contributed by atoms with Crippen LogP contribution in [0.3, 0.4) is 0 Å². The molecule has 2 heterocycles. The second-order valence-corrected chi connectivity index (χ2v) is 9.66. The Morgan fingerprint density at radius 3 is 2.57 bits per heavy atom. The molecule has 0 radical (unpaired) electrons. The van der Waals surface area contributed by atoms with Crippen LogP contribution in [0.25, 0.3) is 11.0 Å². The van der Waals surface area contributed by atoms with Crippen molar-refractivity contribution in [2.24, 2.45) is 5.92 Å². The molecular weight excluding hydrogens is 380 g/mol. The summed E-state index contributed by atoms with van der Waals surface area (Å²) in [7, 11) is 0. The van der Waals surface area contributed by atoms with E-state index in [-0.39, 0.29) is 11.7 Å². The van der Waals surface area contributed by atoms with Gasteiger partial charge in [0.2, 0.25) is 0 Å². The summed E-state index contributed by atoms with van der Waals surface area (Å²) < 4.78 is 10.8. The summed E-state index contributed by atoms with van der Waals surface area (Å²) in [6.45, 7) is 8.91. The maximum absolute atomic E-state index is 12.1. The van der Waals surface area contributed by atoms with E-state index in [4.69, 9.17) is 9.15 Å². The van der Waals surface area contributed by atoms with Crippen LogP contribution in [0.1, 0.15) is 56.7 Å². The molecule has 1 aliphatic carbocycles. The van der Waals surface area contributed by atoms with Crippen molar-refractivity contribution < 1.29 is 13.9 Å². The quantitative estimate of drug-likeness (QED) is 0.768. The summed E-state index contributed by atoms with van der Waals surface area (Å²) in [5.74, 6) is 0.453. The van der Waals surface area contributed by atoms with Crippen LogP contribution in [-0.4, -0.2) is 36.2 Å². The number of alkyl carbamates (subject to hydrolysis) is 1. The predicted octanol–water partition coefficient (Wildman–Crippen LogP) is 4.02. The van der Waals surface area contributed by atoms with Gasteiger partial charge in [0, 0.05) is 24.5 Å². The van der Waals surface area contributed by atoms with Gasteiger partial charge in [-0.15, -0.1) is 0 Å². The molecule has 6 nitrogen and oxygen atoms in total. The molecule has 2 aromatic rings. The Balaban J connectivity index is 1.36. The zero-order chi connectivity index (χ0) is 21.3. The molecule has 30 heavy (non-hydrogen) atoms. The minimum atomic E-state index is -0.473. The third kappa shape index (κ3) is 5.04. The van der Waals surface area contributed by atoms with Gasteiger partial charge in [0.05, 0.1) is 0 Å². The highest BCUT2D eigenvalue weighted by Gasteiger charge is 2.23. The van der Waals surface area contributed by atoms with E-state index in [1.165, 1.54) is 17.5 Å². The number of amides is 1. The summed E-state index contributed by atoms with van der Waals surface area (Å²) in [6, 6.07) is 5.95. The summed E-state index contributed by atoms with van der Waals surface area (Å²) in [5, 5.41) is 3.97. The zero-order valence-corrected chi connectivity index (χ0v) is 18.3. The lowest BCUT2D eigenvalue weighted by Gasteiger charge is -2.32. The Morgan fingerprint density at radius 1 is 1.17 bits per heavy atom. The lowest BCUT2D eigenvalue weighted by molar-refractivity contribution is 0.0509. The van der Waals surface area contributed by atoms with Crippen molar-refractivity contribution in [2.45, 2.75) is 65.0 Å². The number of fused-ring (bicyclic) bond motifs is 2. The number of nitrogens with zero attached hydrogens (tertiary/aromatic N) is 1. The standard InChI is InChI=1S/C24H32N2O4/c1-24(2,3)30-23(28)25-14-16-7-9-26(10-8-16)15-19-13-22(27)29-21-12-18-6-4-5-17(18)11-20(19)21/h11-13,16H,4-10,14-15H2,1-3H3,(H,25,28). The smallest absolute Gasteiger partial charge is 0.407 e. The molecule has 1 aromatic carbocycles. The molecule has 2 aliphatic rings. The highest BCUT2D eigenvalue weighted by atomic mass is 16.6. The third-order valence-corrected chi connectivity index (χ3v) is 6.08. The number of carbonyl (C=O) groups excluding carboxylic acids is 1. The minimum Gasteiger partial charge on any atom is -0.444 e. The van der Waals surface area contributed by atoms with Crippen LogP contribution < -0.4 is 10.9 Å². The van der Waals surface area contributed by atoms with E-state index >= 15 is 0 Å². The number of rotatable bonds is 4. The lowest BCUT2D eigenvalue weighted by Crippen LogP contribution is -2.40. The van der Waals surface area contributed by atoms with Crippen molar-refractivity contribution >= 4 is 17.1 Å². The molecule has 0 unspecified atom stereocenters. The van der Waals surface area contributed by atoms with Gasteiger partial charge in [-0.05, 0) is 101 Å². The zero-order valence-electron chi connectivity index (χ0n) is 18.3. The normalized spacial score (nSPS) is 17.8. The van der Waals surface area contributed by atoms with Gasteiger partial charge in [-0.2, -0.15) is 0 Å². The molecule has 1 N–H and O–H groups in total. The van der Waals surface area contributed by atoms with Gasteiger partial charge in [-0.25, -0.2) is 9.59 Å². The van der Waals surface area contributed by atoms with Crippen molar-refractivity contribution in [1.82, 2.24) is 10.2 Å². The molecule has 162 valence electrons. The Hall–Kier alpha value is -2.34. The molecule has 1 amide bonds. The van der Waals surface area contributed by atoms with E-state index in [0.29, 0.717) is 12.5 Å². The van der Waals surface area contributed by atoms with Gasteiger partial charge in [0.1, 0.15) is 11.2 Å². The maximum Gasteiger partial charge on any atom is 0.407 e. The Kier molecular flexibility index (Phi) is 5.87. The number of nitrogens with one attached hydrogen (secondary N) is 1. The number of aryl methyl sites for hydroxylation is 2. The number of ether oxygens (including phenoxy) is 1. The monoisotopic (exact) mass is 412 g/mol. The van der Waals surface area contributed by atoms with Crippen molar-refractivity contribution in [3.63, 3.8) is 0 Å². The van der Waals surface area contributed by atoms with Gasteiger partial charge in [0.25, 0.3) is 0 Å². The van der Waals surface area contributed by atoms with Crippen LogP contribution >= 0.6 is 0 Å². The third-order valence-electron chi connectivity index (χ3n) is 6.08. The van der Waals surface area contributed by atoms with Crippen molar-refractivity contribution in [3.05, 3.63) is 45.3 Å². The topological polar surface area (TPSA) is 71.8 Å². The molecule has 0 spiro atoms. The van der Waals surface area contributed by atoms with E-state index in [1.54, 1.807) is 6.07 Å². The molecule has 0 bridgehead atoms. The number of hydrogen-bond donors (Lipinski definition) is 1. The van der Waals surface area contributed by atoms with Gasteiger partial charge in [0.15, 0.2) is 0 Å². The minimum absolute atomic E-state index is 0.271. The largest absolute Gasteiger partial charge is 0.444 e. The first-order chi connectivity index (χ1) is 14.3. The van der Waals surface area contributed by atoms with Crippen LogP contribution in [0, 0.1) is 5.92 Å². The molecule has 1 aromatic heterocycles. The summed E-state index contributed by atoms with van der Waals surface area (Å²) in [5.41, 5.74) is 3.74. The molecular formula is C24H32N2O4. The van der Waals surface area contributed by atoms with E-state index in [2.05, 4.69) is 22.3 Å². The summed E-state index contributed by atoms with van der Waals surface area (Å²) in [6.07, 6.45) is 5.05. The first-order valence-electron chi connectivity index (χ1n) is 11.0. The number of benzene rings is 1. The molecule has 4 rings (SSSR count). The average Bonchev–Trinajstić information content (AvgIpc) is 3.12. The van der Waals surface area contributed by atoms with Crippen LogP contribution in [0.15, 0.2) is 27.4 Å². The fourth-order valence-corrected chi connectivity index (χ4v) is 4.56. The molecule has 0 saturated carbocycles. The van der Waals surface area contributed by atoms with Crippen molar-refractivity contribution in [2.75, 3.05) is 19.6 Å². The Labute approximate surface area is 177 Å². The Bertz CT molecular complexity index is 981. The number of piperidine rings is 1. The fraction of sp³-hybridized carbons (Fsp3) is 0.583. The van der Waals surface area contributed by atoms with E-state index in [1.807, 2.05) is 20.8 Å². The highest BCUT2D eigenvalue weighted by molar-refractivity contribution is 5.82. The summed E-state index contributed by atoms with van der Waals surface area (Å²) >= 11 is 0. The molecule has 6 heteroatoms. The number of carbonyl (C=O) groups is 1. The van der Waals surface area contributed by atoms with Gasteiger partial charge < -0.3 is 14.5 Å². The first-order valence-corrected chi connectivity index (χ1v) is 11.0. The van der Waals surface area contributed by atoms with Crippen molar-refractivity contribution in [3.8, 4) is 0 Å². The van der Waals surface area contributed by atoms with Crippen LogP contribution in [0.2, 0.25) is 0 Å². The molecule has 1 fully saturated rings. The van der Waals surface area contributed by atoms with Gasteiger partial charge >= 0.3 is 11.7 Å². The van der Waals surface area contributed by atoms with E-state index < -0.39 is 5.60 Å². The van der Waals surface area contributed by atoms with Crippen LogP contribution in [0.4, 0.5) is 4.79 Å². The molecule has 1 saturated heterocycles. The highest BCUT2D eigenvalue weighted by Crippen LogP contribution is 2.29. The first kappa shape index (κ1) is 20.9. The van der Waals surface area contributed by atoms with Crippen LogP contribution in [0.5, 0.6) is 0 Å². The maximum atomic E-state index is 12.1. The van der Waals surface area contributed by atoms with Gasteiger partial charge in [-0.1, -0.05) is 0 Å².